The number of nitrogen functional groups attached to an aromatic ring is 1. The van der Waals surface area contributed by atoms with Crippen molar-refractivity contribution in [2.75, 3.05) is 5.73 Å². The number of halogens is 1. The number of carbonyl (C=O) groups is 1. The number of anilines is 1. The highest BCUT2D eigenvalue weighted by Crippen LogP contribution is 2.50. The van der Waals surface area contributed by atoms with Gasteiger partial charge in [0.15, 0.2) is 5.78 Å². The summed E-state index contributed by atoms with van der Waals surface area (Å²) in [6.45, 7) is 0. The molecule has 0 aliphatic heterocycles. The minimum absolute atomic E-state index is 0.219. The molecule has 1 saturated carbocycles. The third-order valence-electron chi connectivity index (χ3n) is 3.90. The van der Waals surface area contributed by atoms with Gasteiger partial charge < -0.3 is 5.73 Å². The molecule has 0 radical (unpaired) electrons. The molecule has 0 saturated heterocycles. The molecule has 2 aliphatic carbocycles. The molecule has 88 valence electrons. The second-order valence-corrected chi connectivity index (χ2v) is 5.65. The van der Waals surface area contributed by atoms with Crippen molar-refractivity contribution in [2.45, 2.75) is 19.3 Å². The van der Waals surface area contributed by atoms with Crippen molar-refractivity contribution in [1.82, 2.24) is 0 Å². The van der Waals surface area contributed by atoms with E-state index < -0.39 is 0 Å². The lowest BCUT2D eigenvalue weighted by Gasteiger charge is -2.13. The Morgan fingerprint density at radius 3 is 2.47 bits per heavy atom. The van der Waals surface area contributed by atoms with Crippen LogP contribution in [0.2, 0.25) is 0 Å². The van der Waals surface area contributed by atoms with Gasteiger partial charge in [-0.25, -0.2) is 0 Å². The summed E-state index contributed by atoms with van der Waals surface area (Å²) in [4.78, 5) is 12.1. The van der Waals surface area contributed by atoms with E-state index in [0.29, 0.717) is 11.7 Å². The number of hydrogen-bond acceptors (Lipinski definition) is 2. The zero-order chi connectivity index (χ0) is 12.0. The molecule has 17 heavy (non-hydrogen) atoms. The Morgan fingerprint density at radius 2 is 1.76 bits per heavy atom. The van der Waals surface area contributed by atoms with Crippen molar-refractivity contribution < 1.29 is 4.79 Å². The number of benzene rings is 1. The van der Waals surface area contributed by atoms with Crippen molar-refractivity contribution in [2.24, 2.45) is 11.8 Å². The molecule has 0 heterocycles. The van der Waals surface area contributed by atoms with Gasteiger partial charge in [-0.2, -0.15) is 0 Å². The quantitative estimate of drug-likeness (QED) is 0.806. The van der Waals surface area contributed by atoms with E-state index in [-0.39, 0.29) is 5.92 Å². The Balaban J connectivity index is 2.07. The summed E-state index contributed by atoms with van der Waals surface area (Å²) in [5, 5.41) is 0. The third kappa shape index (κ3) is 1.64. The van der Waals surface area contributed by atoms with Gasteiger partial charge in [0.05, 0.1) is 4.48 Å². The van der Waals surface area contributed by atoms with Crippen LogP contribution in [0.3, 0.4) is 0 Å². The molecule has 2 nitrogen and oxygen atoms in total. The fourth-order valence-corrected chi connectivity index (χ4v) is 3.90. The van der Waals surface area contributed by atoms with E-state index >= 15 is 0 Å². The SMILES string of the molecule is Nc1ccc(C2=C(Br)C(=O)C3CCCC23)cc1. The molecule has 3 heteroatoms. The average Bonchev–Trinajstić information content (AvgIpc) is 2.87. The van der Waals surface area contributed by atoms with Gasteiger partial charge >= 0.3 is 0 Å². The second-order valence-electron chi connectivity index (χ2n) is 4.86. The van der Waals surface area contributed by atoms with Gasteiger partial charge in [-0.1, -0.05) is 18.6 Å². The lowest BCUT2D eigenvalue weighted by atomic mass is 9.90. The Hall–Kier alpha value is -1.09. The van der Waals surface area contributed by atoms with Crippen molar-refractivity contribution >= 4 is 33.0 Å². The normalized spacial score (nSPS) is 27.7. The van der Waals surface area contributed by atoms with Crippen molar-refractivity contribution in [3.8, 4) is 0 Å². The molecule has 0 spiro atoms. The predicted octanol–water partition coefficient (Wildman–Crippen LogP) is 3.37. The van der Waals surface area contributed by atoms with E-state index in [0.717, 1.165) is 28.6 Å². The monoisotopic (exact) mass is 291 g/mol. The van der Waals surface area contributed by atoms with E-state index in [9.17, 15) is 4.79 Å². The van der Waals surface area contributed by atoms with Crippen molar-refractivity contribution in [1.29, 1.82) is 0 Å². The molecule has 2 unspecified atom stereocenters. The number of rotatable bonds is 1. The van der Waals surface area contributed by atoms with Crippen LogP contribution >= 0.6 is 15.9 Å². The summed E-state index contributed by atoms with van der Waals surface area (Å²) >= 11 is 3.48. The Labute approximate surface area is 109 Å². The van der Waals surface area contributed by atoms with E-state index in [4.69, 9.17) is 5.73 Å². The Bertz CT molecular complexity index is 503. The summed E-state index contributed by atoms with van der Waals surface area (Å²) in [6, 6.07) is 7.82. The van der Waals surface area contributed by atoms with Crippen LogP contribution in [0.4, 0.5) is 5.69 Å². The molecule has 2 N–H and O–H groups in total. The topological polar surface area (TPSA) is 43.1 Å². The number of ketones is 1. The molecule has 0 amide bonds. The highest BCUT2D eigenvalue weighted by atomic mass is 79.9. The molecular formula is C14H14BrNO. The standard InChI is InChI=1S/C14H14BrNO/c15-13-12(8-4-6-9(16)7-5-8)10-2-1-3-11(10)14(13)17/h4-7,10-11H,1-3,16H2. The molecule has 1 aromatic rings. The van der Waals surface area contributed by atoms with E-state index in [1.54, 1.807) is 0 Å². The van der Waals surface area contributed by atoms with Crippen LogP contribution in [0.1, 0.15) is 24.8 Å². The summed E-state index contributed by atoms with van der Waals surface area (Å²) < 4.78 is 0.789. The van der Waals surface area contributed by atoms with E-state index in [2.05, 4.69) is 15.9 Å². The molecule has 2 atom stereocenters. The molecule has 2 aliphatic rings. The molecular weight excluding hydrogens is 278 g/mol. The van der Waals surface area contributed by atoms with E-state index in [1.165, 1.54) is 12.0 Å². The third-order valence-corrected chi connectivity index (χ3v) is 4.72. The predicted molar refractivity (Wildman–Crippen MR) is 72.5 cm³/mol. The maximum absolute atomic E-state index is 12.1. The molecule has 0 bridgehead atoms. The highest BCUT2D eigenvalue weighted by Gasteiger charge is 2.43. The summed E-state index contributed by atoms with van der Waals surface area (Å²) in [5.41, 5.74) is 8.79. The minimum atomic E-state index is 0.219. The van der Waals surface area contributed by atoms with Crippen LogP contribution in [0.15, 0.2) is 28.7 Å². The lowest BCUT2D eigenvalue weighted by Crippen LogP contribution is -2.10. The fraction of sp³-hybridized carbons (Fsp3) is 0.357. The zero-order valence-electron chi connectivity index (χ0n) is 9.45. The Kier molecular flexibility index (Phi) is 2.58. The maximum atomic E-state index is 12.1. The summed E-state index contributed by atoms with van der Waals surface area (Å²) in [6.07, 6.45) is 3.34. The number of carbonyl (C=O) groups excluding carboxylic acids is 1. The second kappa shape index (κ2) is 3.98. The molecule has 3 rings (SSSR count). The number of fused-ring (bicyclic) bond motifs is 1. The summed E-state index contributed by atoms with van der Waals surface area (Å²) in [5.74, 6) is 0.928. The maximum Gasteiger partial charge on any atom is 0.173 e. The van der Waals surface area contributed by atoms with Gasteiger partial charge in [-0.3, -0.25) is 4.79 Å². The first-order valence-corrected chi connectivity index (χ1v) is 6.77. The fourth-order valence-electron chi connectivity index (χ4n) is 3.08. The van der Waals surface area contributed by atoms with Crippen LogP contribution in [0.25, 0.3) is 5.57 Å². The van der Waals surface area contributed by atoms with Gasteiger partial charge in [0, 0.05) is 11.6 Å². The highest BCUT2D eigenvalue weighted by molar-refractivity contribution is 9.12. The lowest BCUT2D eigenvalue weighted by molar-refractivity contribution is -0.118. The number of nitrogens with two attached hydrogens (primary N) is 1. The molecule has 1 aromatic carbocycles. The van der Waals surface area contributed by atoms with Gasteiger partial charge in [0.2, 0.25) is 0 Å². The largest absolute Gasteiger partial charge is 0.399 e. The number of allylic oxidation sites excluding steroid dienone is 2. The zero-order valence-corrected chi connectivity index (χ0v) is 11.0. The molecule has 1 fully saturated rings. The van der Waals surface area contributed by atoms with Crippen LogP contribution in [0.5, 0.6) is 0 Å². The Morgan fingerprint density at radius 1 is 1.12 bits per heavy atom. The van der Waals surface area contributed by atoms with Crippen molar-refractivity contribution in [3.05, 3.63) is 34.3 Å². The molecule has 0 aromatic heterocycles. The van der Waals surface area contributed by atoms with E-state index in [1.807, 2.05) is 24.3 Å². The van der Waals surface area contributed by atoms with Crippen LogP contribution in [0, 0.1) is 11.8 Å². The number of Topliss-reactive ketones (excluding diaryl/α,β-unsaturated/α-hetero) is 1. The van der Waals surface area contributed by atoms with Gasteiger partial charge in [0.25, 0.3) is 0 Å². The first-order valence-electron chi connectivity index (χ1n) is 5.98. The van der Waals surface area contributed by atoms with Gasteiger partial charge in [-0.05, 0) is 58.0 Å². The van der Waals surface area contributed by atoms with Crippen LogP contribution in [-0.2, 0) is 4.79 Å². The summed E-state index contributed by atoms with van der Waals surface area (Å²) in [7, 11) is 0. The average molecular weight is 292 g/mol. The van der Waals surface area contributed by atoms with Gasteiger partial charge in [-0.15, -0.1) is 0 Å². The van der Waals surface area contributed by atoms with Crippen LogP contribution < -0.4 is 5.73 Å². The van der Waals surface area contributed by atoms with Gasteiger partial charge in [0.1, 0.15) is 0 Å². The van der Waals surface area contributed by atoms with Crippen molar-refractivity contribution in [3.63, 3.8) is 0 Å². The number of hydrogen-bond donors (Lipinski definition) is 1. The first-order chi connectivity index (χ1) is 8.18. The smallest absolute Gasteiger partial charge is 0.173 e. The van der Waals surface area contributed by atoms with Crippen LogP contribution in [-0.4, -0.2) is 5.78 Å². The minimum Gasteiger partial charge on any atom is -0.399 e. The first kappa shape index (κ1) is 11.0.